The van der Waals surface area contributed by atoms with Crippen molar-refractivity contribution < 1.29 is 0 Å². The number of aromatic nitrogens is 1. The fourth-order valence-corrected chi connectivity index (χ4v) is 4.40. The topological polar surface area (TPSA) is 24.9 Å². The minimum atomic E-state index is 0.638. The van der Waals surface area contributed by atoms with E-state index in [4.69, 9.17) is 4.98 Å². The van der Waals surface area contributed by atoms with E-state index >= 15 is 0 Å². The Labute approximate surface area is 123 Å². The molecule has 1 heterocycles. The average Bonchev–Trinajstić information content (AvgIpc) is 2.82. The first-order chi connectivity index (χ1) is 9.35. The normalized spacial score (nSPS) is 16.9. The van der Waals surface area contributed by atoms with Crippen LogP contribution in [0.2, 0.25) is 0 Å². The van der Waals surface area contributed by atoms with Gasteiger partial charge in [-0.3, -0.25) is 0 Å². The molecule has 0 saturated heterocycles. The van der Waals surface area contributed by atoms with Crippen LogP contribution < -0.4 is 5.32 Å². The van der Waals surface area contributed by atoms with Gasteiger partial charge < -0.3 is 5.32 Å². The Morgan fingerprint density at radius 3 is 2.95 bits per heavy atom. The molecule has 0 aliphatic heterocycles. The van der Waals surface area contributed by atoms with Gasteiger partial charge in [-0.1, -0.05) is 37.5 Å². The van der Waals surface area contributed by atoms with Crippen LogP contribution in [0.25, 0.3) is 10.2 Å². The molecule has 1 N–H and O–H groups in total. The smallest absolute Gasteiger partial charge is 0.184 e. The predicted octanol–water partition coefficient (Wildman–Crippen LogP) is 5.15. The lowest BCUT2D eigenvalue weighted by molar-refractivity contribution is 0.462. The maximum absolute atomic E-state index is 4.71. The molecule has 0 amide bonds. The zero-order valence-corrected chi connectivity index (χ0v) is 12.9. The number of hydrogen-bond donors (Lipinski definition) is 1. The molecule has 4 heteroatoms. The van der Waals surface area contributed by atoms with Crippen molar-refractivity contribution in [2.45, 2.75) is 50.0 Å². The highest BCUT2D eigenvalue weighted by atomic mass is 32.2. The first kappa shape index (κ1) is 13.3. The Hall–Kier alpha value is -0.740. The van der Waals surface area contributed by atoms with Crippen LogP contribution in [0.1, 0.15) is 39.0 Å². The quantitative estimate of drug-likeness (QED) is 0.789. The summed E-state index contributed by atoms with van der Waals surface area (Å²) in [6.45, 7) is 2.19. The van der Waals surface area contributed by atoms with Crippen LogP contribution in [-0.2, 0) is 0 Å². The van der Waals surface area contributed by atoms with E-state index < -0.39 is 0 Å². The van der Waals surface area contributed by atoms with Crippen molar-refractivity contribution in [1.29, 1.82) is 0 Å². The van der Waals surface area contributed by atoms with Gasteiger partial charge in [0.15, 0.2) is 5.13 Å². The van der Waals surface area contributed by atoms with Crippen molar-refractivity contribution >= 4 is 38.4 Å². The summed E-state index contributed by atoms with van der Waals surface area (Å²) in [6, 6.07) is 7.24. The van der Waals surface area contributed by atoms with Gasteiger partial charge in [-0.05, 0) is 36.8 Å². The number of anilines is 1. The molecule has 1 aliphatic rings. The van der Waals surface area contributed by atoms with E-state index in [1.54, 1.807) is 11.3 Å². The molecule has 3 rings (SSSR count). The fourth-order valence-electron chi connectivity index (χ4n) is 2.64. The maximum Gasteiger partial charge on any atom is 0.184 e. The fraction of sp³-hybridized carbons (Fsp3) is 0.533. The van der Waals surface area contributed by atoms with E-state index in [2.05, 4.69) is 30.4 Å². The molecule has 0 spiro atoms. The third-order valence-electron chi connectivity index (χ3n) is 3.60. The number of nitrogens with zero attached hydrogens (tertiary/aromatic N) is 1. The van der Waals surface area contributed by atoms with Crippen LogP contribution in [0, 0.1) is 0 Å². The van der Waals surface area contributed by atoms with E-state index in [-0.39, 0.29) is 0 Å². The van der Waals surface area contributed by atoms with E-state index in [1.165, 1.54) is 41.7 Å². The summed E-state index contributed by atoms with van der Waals surface area (Å²) in [4.78, 5) is 6.06. The first-order valence-electron chi connectivity index (χ1n) is 7.15. The van der Waals surface area contributed by atoms with Crippen molar-refractivity contribution in [3.05, 3.63) is 18.2 Å². The van der Waals surface area contributed by atoms with Crippen molar-refractivity contribution in [1.82, 2.24) is 4.98 Å². The predicted molar refractivity (Wildman–Crippen MR) is 86.5 cm³/mol. The summed E-state index contributed by atoms with van der Waals surface area (Å²) < 4.78 is 1.30. The molecule has 1 aromatic carbocycles. The molecule has 0 unspecified atom stereocenters. The van der Waals surface area contributed by atoms with E-state index in [9.17, 15) is 0 Å². The largest absolute Gasteiger partial charge is 0.359 e. The molecule has 0 radical (unpaired) electrons. The molecule has 0 atom stereocenters. The number of fused-ring (bicyclic) bond motifs is 1. The highest BCUT2D eigenvalue weighted by Gasteiger charge is 2.14. The molecule has 0 bridgehead atoms. The SMILES string of the molecule is CCSc1ccc2nc(NC3CCCCC3)sc2c1. The van der Waals surface area contributed by atoms with E-state index in [0.717, 1.165) is 16.4 Å². The number of hydrogen-bond acceptors (Lipinski definition) is 4. The Bertz CT molecular complexity index is 544. The van der Waals surface area contributed by atoms with Crippen LogP contribution >= 0.6 is 23.1 Å². The number of rotatable bonds is 4. The van der Waals surface area contributed by atoms with Gasteiger partial charge in [0.05, 0.1) is 10.2 Å². The number of nitrogens with one attached hydrogen (secondary N) is 1. The second-order valence-corrected chi connectivity index (χ2v) is 7.43. The van der Waals surface area contributed by atoms with Crippen LogP contribution in [0.4, 0.5) is 5.13 Å². The van der Waals surface area contributed by atoms with Crippen molar-refractivity contribution in [3.8, 4) is 0 Å². The van der Waals surface area contributed by atoms with Gasteiger partial charge in [0.2, 0.25) is 0 Å². The van der Waals surface area contributed by atoms with Crippen molar-refractivity contribution in [2.75, 3.05) is 11.1 Å². The molecule has 102 valence electrons. The van der Waals surface area contributed by atoms with Gasteiger partial charge >= 0.3 is 0 Å². The summed E-state index contributed by atoms with van der Waals surface area (Å²) in [7, 11) is 0. The summed E-state index contributed by atoms with van der Waals surface area (Å²) >= 11 is 3.69. The van der Waals surface area contributed by atoms with Gasteiger partial charge in [0, 0.05) is 10.9 Å². The second-order valence-electron chi connectivity index (χ2n) is 5.06. The van der Waals surface area contributed by atoms with Gasteiger partial charge in [-0.15, -0.1) is 11.8 Å². The number of thioether (sulfide) groups is 1. The molecule has 1 aromatic heterocycles. The Morgan fingerprint density at radius 2 is 2.16 bits per heavy atom. The number of benzene rings is 1. The van der Waals surface area contributed by atoms with Crippen molar-refractivity contribution in [3.63, 3.8) is 0 Å². The summed E-state index contributed by atoms with van der Waals surface area (Å²) in [6.07, 6.45) is 6.72. The molecular formula is C15H20N2S2. The second kappa shape index (κ2) is 6.14. The molecule has 1 fully saturated rings. The average molecular weight is 292 g/mol. The van der Waals surface area contributed by atoms with Crippen LogP contribution in [0.3, 0.4) is 0 Å². The van der Waals surface area contributed by atoms with Crippen LogP contribution in [-0.4, -0.2) is 16.8 Å². The Kier molecular flexibility index (Phi) is 4.28. The molecule has 19 heavy (non-hydrogen) atoms. The minimum Gasteiger partial charge on any atom is -0.359 e. The molecule has 2 aromatic rings. The Balaban J connectivity index is 1.76. The molecule has 1 saturated carbocycles. The number of thiazole rings is 1. The zero-order valence-electron chi connectivity index (χ0n) is 11.3. The van der Waals surface area contributed by atoms with Gasteiger partial charge in [0.25, 0.3) is 0 Å². The third kappa shape index (κ3) is 3.23. The molecule has 1 aliphatic carbocycles. The first-order valence-corrected chi connectivity index (χ1v) is 8.95. The lowest BCUT2D eigenvalue weighted by atomic mass is 9.96. The zero-order chi connectivity index (χ0) is 13.1. The summed E-state index contributed by atoms with van der Waals surface area (Å²) in [5.74, 6) is 1.12. The summed E-state index contributed by atoms with van der Waals surface area (Å²) in [5, 5.41) is 4.72. The van der Waals surface area contributed by atoms with Crippen LogP contribution in [0.15, 0.2) is 23.1 Å². The standard InChI is InChI=1S/C15H20N2S2/c1-2-18-12-8-9-13-14(10-12)19-15(17-13)16-11-6-4-3-5-7-11/h8-11H,2-7H2,1H3,(H,16,17). The lowest BCUT2D eigenvalue weighted by Crippen LogP contribution is -2.21. The van der Waals surface area contributed by atoms with Gasteiger partial charge in [-0.25, -0.2) is 4.98 Å². The molecule has 2 nitrogen and oxygen atoms in total. The third-order valence-corrected chi connectivity index (χ3v) is 5.43. The van der Waals surface area contributed by atoms with Crippen molar-refractivity contribution in [2.24, 2.45) is 0 Å². The lowest BCUT2D eigenvalue weighted by Gasteiger charge is -2.22. The van der Waals surface area contributed by atoms with Gasteiger partial charge in [-0.2, -0.15) is 0 Å². The highest BCUT2D eigenvalue weighted by Crippen LogP contribution is 2.31. The maximum atomic E-state index is 4.71. The highest BCUT2D eigenvalue weighted by molar-refractivity contribution is 7.99. The Morgan fingerprint density at radius 1 is 1.32 bits per heavy atom. The van der Waals surface area contributed by atoms with E-state index in [1.807, 2.05) is 11.8 Å². The monoisotopic (exact) mass is 292 g/mol. The molecular weight excluding hydrogens is 272 g/mol. The summed E-state index contributed by atoms with van der Waals surface area (Å²) in [5.41, 5.74) is 1.13. The van der Waals surface area contributed by atoms with Gasteiger partial charge in [0.1, 0.15) is 0 Å². The minimum absolute atomic E-state index is 0.638. The van der Waals surface area contributed by atoms with Crippen LogP contribution in [0.5, 0.6) is 0 Å². The van der Waals surface area contributed by atoms with E-state index in [0.29, 0.717) is 6.04 Å².